The molecular formula is C21H29N3O5. The molecule has 1 aliphatic carbocycles. The van der Waals surface area contributed by atoms with Gasteiger partial charge >= 0.3 is 12.1 Å². The van der Waals surface area contributed by atoms with Crippen molar-refractivity contribution in [2.75, 3.05) is 6.54 Å². The van der Waals surface area contributed by atoms with Crippen LogP contribution in [0.5, 0.6) is 0 Å². The number of nitrogens with two attached hydrogens (primary N) is 2. The predicted molar refractivity (Wildman–Crippen MR) is 106 cm³/mol. The molecule has 29 heavy (non-hydrogen) atoms. The lowest BCUT2D eigenvalue weighted by molar-refractivity contribution is -0.147. The lowest BCUT2D eigenvalue weighted by Gasteiger charge is -2.40. The lowest BCUT2D eigenvalue weighted by atomic mass is 9.85. The van der Waals surface area contributed by atoms with E-state index in [9.17, 15) is 19.5 Å². The molecule has 1 saturated carbocycles. The number of amides is 1. The molecule has 2 bridgehead atoms. The number of hydrogen-bond donors (Lipinski definition) is 3. The maximum absolute atomic E-state index is 13.3. The van der Waals surface area contributed by atoms with E-state index in [-0.39, 0.29) is 18.3 Å². The number of carboxylic acids is 1. The largest absolute Gasteiger partial charge is 0.480 e. The third-order valence-corrected chi connectivity index (χ3v) is 6.13. The summed E-state index contributed by atoms with van der Waals surface area (Å²) in [6.45, 7) is 0.535. The number of aliphatic carboxylic acids is 1. The van der Waals surface area contributed by atoms with Crippen molar-refractivity contribution >= 4 is 17.8 Å². The molecule has 8 nitrogen and oxygen atoms in total. The molecule has 4 atom stereocenters. The molecule has 1 heterocycles. The number of nitrogens with zero attached hydrogens (tertiary/aromatic N) is 1. The van der Waals surface area contributed by atoms with Crippen LogP contribution in [-0.4, -0.2) is 52.0 Å². The van der Waals surface area contributed by atoms with Crippen LogP contribution in [0.25, 0.3) is 0 Å². The van der Waals surface area contributed by atoms with Crippen molar-refractivity contribution in [2.45, 2.75) is 62.8 Å². The summed E-state index contributed by atoms with van der Waals surface area (Å²) in [5, 5.41) is 9.74. The van der Waals surface area contributed by atoms with Crippen LogP contribution < -0.4 is 11.5 Å². The molecule has 1 aliphatic heterocycles. The molecule has 1 amide bonds. The zero-order chi connectivity index (χ0) is 21.0. The Morgan fingerprint density at radius 3 is 2.62 bits per heavy atom. The zero-order valence-corrected chi connectivity index (χ0v) is 16.5. The Hall–Kier alpha value is -2.45. The van der Waals surface area contributed by atoms with Crippen molar-refractivity contribution in [3.05, 3.63) is 35.9 Å². The highest BCUT2D eigenvalue weighted by Crippen LogP contribution is 2.51. The number of carboxylic acid groups (broad SMARTS) is 1. The molecule has 3 rings (SSSR count). The summed E-state index contributed by atoms with van der Waals surface area (Å²) >= 11 is 0. The van der Waals surface area contributed by atoms with E-state index in [0.29, 0.717) is 38.6 Å². The molecule has 1 saturated heterocycles. The van der Waals surface area contributed by atoms with Crippen LogP contribution in [0.2, 0.25) is 0 Å². The number of rotatable bonds is 9. The molecular weight excluding hydrogens is 374 g/mol. The van der Waals surface area contributed by atoms with Gasteiger partial charge in [-0.15, -0.1) is 0 Å². The monoisotopic (exact) mass is 403 g/mol. The highest BCUT2D eigenvalue weighted by molar-refractivity contribution is 5.98. The lowest BCUT2D eigenvalue weighted by Crippen LogP contribution is -2.62. The van der Waals surface area contributed by atoms with Crippen molar-refractivity contribution in [2.24, 2.45) is 17.4 Å². The van der Waals surface area contributed by atoms with E-state index in [4.69, 9.17) is 16.2 Å². The van der Waals surface area contributed by atoms with Crippen LogP contribution >= 0.6 is 0 Å². The van der Waals surface area contributed by atoms with E-state index in [1.54, 1.807) is 0 Å². The number of fused-ring (bicyclic) bond motifs is 2. The van der Waals surface area contributed by atoms with Gasteiger partial charge in [-0.1, -0.05) is 36.8 Å². The second kappa shape index (κ2) is 8.92. The summed E-state index contributed by atoms with van der Waals surface area (Å²) in [5.74, 6) is -1.65. The predicted octanol–water partition coefficient (Wildman–Crippen LogP) is 1.66. The molecule has 2 fully saturated rings. The minimum Gasteiger partial charge on any atom is -0.480 e. The van der Waals surface area contributed by atoms with Gasteiger partial charge in [0.1, 0.15) is 18.2 Å². The molecule has 2 aliphatic rings. The van der Waals surface area contributed by atoms with E-state index in [0.717, 1.165) is 16.9 Å². The molecule has 0 radical (unpaired) electrons. The van der Waals surface area contributed by atoms with Gasteiger partial charge in [0.2, 0.25) is 0 Å². The van der Waals surface area contributed by atoms with Crippen molar-refractivity contribution in [1.82, 2.24) is 4.90 Å². The second-order valence-corrected chi connectivity index (χ2v) is 7.98. The number of unbranched alkanes of at least 4 members (excludes halogenated alkanes) is 1. The van der Waals surface area contributed by atoms with Gasteiger partial charge in [0.25, 0.3) is 0 Å². The third-order valence-electron chi connectivity index (χ3n) is 6.13. The quantitative estimate of drug-likeness (QED) is 0.533. The topological polar surface area (TPSA) is 136 Å². The van der Waals surface area contributed by atoms with Gasteiger partial charge in [-0.2, -0.15) is 0 Å². The average Bonchev–Trinajstić information content (AvgIpc) is 3.30. The molecule has 5 N–H and O–H groups in total. The molecule has 158 valence electrons. The normalized spacial score (nSPS) is 26.3. The molecule has 1 aromatic rings. The van der Waals surface area contributed by atoms with E-state index >= 15 is 0 Å². The van der Waals surface area contributed by atoms with Gasteiger partial charge in [-0.25, -0.2) is 9.59 Å². The van der Waals surface area contributed by atoms with Crippen molar-refractivity contribution in [1.29, 1.82) is 0 Å². The van der Waals surface area contributed by atoms with Crippen LogP contribution in [0.4, 0.5) is 4.79 Å². The van der Waals surface area contributed by atoms with E-state index < -0.39 is 29.7 Å². The number of carbonyl (C=O) groups is 3. The van der Waals surface area contributed by atoms with E-state index in [1.165, 1.54) is 0 Å². The first-order chi connectivity index (χ1) is 13.9. The van der Waals surface area contributed by atoms with Gasteiger partial charge in [0.05, 0.1) is 6.04 Å². The fourth-order valence-corrected chi connectivity index (χ4v) is 4.74. The maximum atomic E-state index is 13.3. The smallest absolute Gasteiger partial charge is 0.411 e. The van der Waals surface area contributed by atoms with Crippen LogP contribution in [0, 0.1) is 5.92 Å². The van der Waals surface area contributed by atoms with Crippen LogP contribution in [0.3, 0.4) is 0 Å². The Kier molecular flexibility index (Phi) is 6.54. The van der Waals surface area contributed by atoms with Gasteiger partial charge in [0, 0.05) is 0 Å². The minimum absolute atomic E-state index is 0.0139. The van der Waals surface area contributed by atoms with Crippen LogP contribution in [0.15, 0.2) is 30.3 Å². The fraction of sp³-hybridized carbons (Fsp3) is 0.571. The number of likely N-dealkylation sites (tertiary alicyclic amines) is 1. The number of Topliss-reactive ketones (excluding diaryl/α,β-unsaturated/α-hetero) is 1. The van der Waals surface area contributed by atoms with Crippen molar-refractivity contribution in [3.63, 3.8) is 0 Å². The highest BCUT2D eigenvalue weighted by atomic mass is 16.6. The minimum atomic E-state index is -1.19. The summed E-state index contributed by atoms with van der Waals surface area (Å²) in [5.41, 5.74) is 11.3. The first-order valence-electron chi connectivity index (χ1n) is 10.1. The molecule has 1 aromatic carbocycles. The summed E-state index contributed by atoms with van der Waals surface area (Å²) in [6, 6.07) is 7.31. The van der Waals surface area contributed by atoms with Crippen LogP contribution in [0.1, 0.15) is 44.1 Å². The number of carbonyl (C=O) groups excluding carboxylic acids is 2. The summed E-state index contributed by atoms with van der Waals surface area (Å²) in [7, 11) is 0. The molecule has 2 unspecified atom stereocenters. The Labute approximate surface area is 170 Å². The summed E-state index contributed by atoms with van der Waals surface area (Å²) in [4.78, 5) is 39.3. The Bertz CT molecular complexity index is 756. The maximum Gasteiger partial charge on any atom is 0.411 e. The van der Waals surface area contributed by atoms with Gasteiger partial charge < -0.3 is 21.3 Å². The van der Waals surface area contributed by atoms with Gasteiger partial charge in [-0.05, 0) is 50.1 Å². The first-order valence-corrected chi connectivity index (χ1v) is 10.1. The molecule has 8 heteroatoms. The number of piperidine rings is 1. The Balaban J connectivity index is 1.79. The van der Waals surface area contributed by atoms with Crippen LogP contribution in [-0.2, 0) is 20.9 Å². The zero-order valence-electron chi connectivity index (χ0n) is 16.5. The van der Waals surface area contributed by atoms with Crippen molar-refractivity contribution < 1.29 is 24.2 Å². The average molecular weight is 403 g/mol. The molecule has 0 spiro atoms. The highest BCUT2D eigenvalue weighted by Gasteiger charge is 2.65. The third kappa shape index (κ3) is 4.13. The Morgan fingerprint density at radius 1 is 1.24 bits per heavy atom. The van der Waals surface area contributed by atoms with Gasteiger partial charge in [-0.3, -0.25) is 9.69 Å². The number of ketones is 1. The van der Waals surface area contributed by atoms with E-state index in [1.807, 2.05) is 30.3 Å². The fourth-order valence-electron chi connectivity index (χ4n) is 4.74. The first kappa shape index (κ1) is 21.3. The number of ether oxygens (including phenoxy) is 1. The standard InChI is InChI=1S/C21H29N3O5/c22-11-5-4-8-16(23)18(25)21-10-9-15(12-21)17(19(26)27)24(21)20(28)29-13-14-6-2-1-3-7-14/h1-3,6-7,15-17H,4-5,8-13,22-23H2,(H,26,27)/t15?,16?,17-,21-/m0/s1. The summed E-state index contributed by atoms with van der Waals surface area (Å²) in [6.07, 6.45) is 2.50. The van der Waals surface area contributed by atoms with Gasteiger partial charge in [0.15, 0.2) is 5.78 Å². The number of hydrogen-bond acceptors (Lipinski definition) is 6. The Morgan fingerprint density at radius 2 is 1.97 bits per heavy atom. The van der Waals surface area contributed by atoms with E-state index in [2.05, 4.69) is 0 Å². The summed E-state index contributed by atoms with van der Waals surface area (Å²) < 4.78 is 5.41. The second-order valence-electron chi connectivity index (χ2n) is 7.98. The number of benzene rings is 1. The molecule has 0 aromatic heterocycles. The SMILES string of the molecule is NCCCCC(N)C(=O)[C@]12CCC(C1)[C@@H](C(=O)O)N2C(=O)OCc1ccccc1. The van der Waals surface area contributed by atoms with Crippen molar-refractivity contribution in [3.8, 4) is 0 Å².